The highest BCUT2D eigenvalue weighted by Gasteiger charge is 2.57. The largest absolute Gasteiger partial charge is 0.462 e. The molecule has 1 heterocycles. The Bertz CT molecular complexity index is 1950. The third-order valence-electron chi connectivity index (χ3n) is 11.2. The SMILES string of the molecule is CC(C)(C)C(=O)OCC1O[C@@H](N(C=O)C(Cc2ccccc2)C(=O)Nc2ccccc2CO[Si](C)(C)C(C)(C)C)C(OC(=O)C(C)(C)C)C(OC(=O)C(C)(C)C)[C@H]1OC(=O)C(C)(C)C. The summed E-state index contributed by atoms with van der Waals surface area (Å²) in [7, 11) is -2.22. The van der Waals surface area contributed by atoms with Gasteiger partial charge in [-0.15, -0.1) is 0 Å². The Hall–Kier alpha value is -4.60. The lowest BCUT2D eigenvalue weighted by molar-refractivity contribution is -0.282. The fourth-order valence-electron chi connectivity index (χ4n) is 5.89. The van der Waals surface area contributed by atoms with Crippen molar-refractivity contribution in [3.05, 3.63) is 65.7 Å². The Kier molecular flexibility index (Phi) is 17.4. The number of nitrogens with one attached hydrogen (secondary N) is 1. The molecule has 1 aliphatic heterocycles. The second-order valence-corrected chi connectivity index (χ2v) is 27.0. The van der Waals surface area contributed by atoms with Gasteiger partial charge in [-0.05, 0) is 118 Å². The van der Waals surface area contributed by atoms with Gasteiger partial charge in [-0.1, -0.05) is 69.3 Å². The van der Waals surface area contributed by atoms with E-state index in [1.165, 1.54) is 0 Å². The second-order valence-electron chi connectivity index (χ2n) is 22.2. The number of nitrogens with zero attached hydrogens (tertiary/aromatic N) is 1. The molecule has 1 saturated heterocycles. The summed E-state index contributed by atoms with van der Waals surface area (Å²) in [6.07, 6.45) is -7.61. The molecule has 64 heavy (non-hydrogen) atoms. The quantitative estimate of drug-likeness (QED) is 0.0784. The van der Waals surface area contributed by atoms with E-state index in [9.17, 15) is 28.8 Å². The Morgan fingerprint density at radius 1 is 0.672 bits per heavy atom. The minimum absolute atomic E-state index is 0.0492. The van der Waals surface area contributed by atoms with E-state index < -0.39 is 103 Å². The lowest BCUT2D eigenvalue weighted by Gasteiger charge is -2.49. The van der Waals surface area contributed by atoms with Crippen LogP contribution in [0.3, 0.4) is 0 Å². The second kappa shape index (κ2) is 20.7. The summed E-state index contributed by atoms with van der Waals surface area (Å²) < 4.78 is 37.5. The van der Waals surface area contributed by atoms with E-state index in [0.717, 1.165) is 4.90 Å². The van der Waals surface area contributed by atoms with Crippen molar-refractivity contribution in [1.29, 1.82) is 0 Å². The van der Waals surface area contributed by atoms with Crippen LogP contribution < -0.4 is 5.32 Å². The predicted octanol–water partition coefficient (Wildman–Crippen LogP) is 8.40. The van der Waals surface area contributed by atoms with Crippen molar-refractivity contribution in [3.8, 4) is 0 Å². The fraction of sp³-hybridized carbons (Fsp3) is 0.633. The Balaban J connectivity index is 2.33. The maximum absolute atomic E-state index is 14.9. The molecule has 0 aromatic heterocycles. The highest BCUT2D eigenvalue weighted by molar-refractivity contribution is 6.74. The number of rotatable bonds is 15. The summed E-state index contributed by atoms with van der Waals surface area (Å²) in [5.74, 6) is -3.51. The highest BCUT2D eigenvalue weighted by Crippen LogP contribution is 2.39. The number of hydrogen-bond acceptors (Lipinski definition) is 12. The number of benzene rings is 2. The molecule has 1 fully saturated rings. The number of esters is 4. The predicted molar refractivity (Wildman–Crippen MR) is 246 cm³/mol. The molecule has 356 valence electrons. The molecule has 2 aromatic rings. The van der Waals surface area contributed by atoms with Crippen LogP contribution in [0.25, 0.3) is 0 Å². The van der Waals surface area contributed by atoms with Crippen LogP contribution >= 0.6 is 0 Å². The van der Waals surface area contributed by atoms with Crippen molar-refractivity contribution in [3.63, 3.8) is 0 Å². The first-order valence-electron chi connectivity index (χ1n) is 21.9. The van der Waals surface area contributed by atoms with Crippen molar-refractivity contribution in [2.75, 3.05) is 11.9 Å². The summed E-state index contributed by atoms with van der Waals surface area (Å²) in [5.41, 5.74) is -2.47. The number of carbonyl (C=O) groups excluding carboxylic acids is 6. The van der Waals surface area contributed by atoms with E-state index in [2.05, 4.69) is 39.2 Å². The van der Waals surface area contributed by atoms with Gasteiger partial charge >= 0.3 is 23.9 Å². The van der Waals surface area contributed by atoms with Crippen LogP contribution in [0.2, 0.25) is 18.1 Å². The molecule has 0 bridgehead atoms. The Labute approximate surface area is 381 Å². The molecular weight excluding hydrogens is 837 g/mol. The molecule has 0 radical (unpaired) electrons. The monoisotopic (exact) mass is 911 g/mol. The number of amides is 2. The van der Waals surface area contributed by atoms with Gasteiger partial charge in [0.05, 0.1) is 28.3 Å². The van der Waals surface area contributed by atoms with Gasteiger partial charge in [0.2, 0.25) is 12.3 Å². The van der Waals surface area contributed by atoms with E-state index in [0.29, 0.717) is 23.2 Å². The van der Waals surface area contributed by atoms with Crippen molar-refractivity contribution in [1.82, 2.24) is 4.90 Å². The summed E-state index contributed by atoms with van der Waals surface area (Å²) in [6, 6.07) is 14.9. The fourth-order valence-corrected chi connectivity index (χ4v) is 6.84. The van der Waals surface area contributed by atoms with Gasteiger partial charge in [0.1, 0.15) is 18.8 Å². The summed E-state index contributed by atoms with van der Waals surface area (Å²) in [4.78, 5) is 84.8. The van der Waals surface area contributed by atoms with Gasteiger partial charge in [-0.25, -0.2) is 0 Å². The van der Waals surface area contributed by atoms with E-state index >= 15 is 0 Å². The van der Waals surface area contributed by atoms with Gasteiger partial charge in [0.25, 0.3) is 0 Å². The number of carbonyl (C=O) groups is 6. The summed E-state index contributed by atoms with van der Waals surface area (Å²) in [6.45, 7) is 29.9. The first kappa shape index (κ1) is 53.7. The number of ether oxygens (including phenoxy) is 5. The number of anilines is 1. The zero-order chi connectivity index (χ0) is 48.8. The van der Waals surface area contributed by atoms with Crippen LogP contribution in [0.4, 0.5) is 5.69 Å². The van der Waals surface area contributed by atoms with Crippen LogP contribution in [0.5, 0.6) is 0 Å². The van der Waals surface area contributed by atoms with Gasteiger partial charge < -0.3 is 38.3 Å². The maximum atomic E-state index is 14.9. The van der Waals surface area contributed by atoms with Crippen LogP contribution in [-0.2, 0) is 69.9 Å². The van der Waals surface area contributed by atoms with E-state index in [1.807, 2.05) is 18.2 Å². The Morgan fingerprint density at radius 3 is 1.62 bits per heavy atom. The molecule has 1 aliphatic rings. The molecule has 2 aromatic carbocycles. The molecule has 3 rings (SSSR count). The van der Waals surface area contributed by atoms with Crippen LogP contribution in [0.15, 0.2) is 54.6 Å². The van der Waals surface area contributed by atoms with E-state index in [-0.39, 0.29) is 18.1 Å². The van der Waals surface area contributed by atoms with Crippen LogP contribution in [0.1, 0.15) is 115 Å². The minimum Gasteiger partial charge on any atom is -0.462 e. The molecule has 14 nitrogen and oxygen atoms in total. The molecule has 4 unspecified atom stereocenters. The number of para-hydroxylation sites is 1. The lowest BCUT2D eigenvalue weighted by Crippen LogP contribution is -2.68. The molecule has 6 atom stereocenters. The highest BCUT2D eigenvalue weighted by atomic mass is 28.4. The third-order valence-corrected chi connectivity index (χ3v) is 15.7. The molecule has 1 N–H and O–H groups in total. The van der Waals surface area contributed by atoms with Gasteiger partial charge in [-0.3, -0.25) is 28.8 Å². The number of hydrogen-bond donors (Lipinski definition) is 1. The zero-order valence-corrected chi connectivity index (χ0v) is 42.2. The van der Waals surface area contributed by atoms with Gasteiger partial charge in [-0.2, -0.15) is 0 Å². The summed E-state index contributed by atoms with van der Waals surface area (Å²) in [5, 5.41) is 2.96. The summed E-state index contributed by atoms with van der Waals surface area (Å²) >= 11 is 0. The van der Waals surface area contributed by atoms with Crippen LogP contribution in [-0.4, -0.2) is 92.7 Å². The normalized spacial score (nSPS) is 20.3. The molecule has 0 saturated carbocycles. The van der Waals surface area contributed by atoms with Gasteiger partial charge in [0.15, 0.2) is 32.9 Å². The topological polar surface area (TPSA) is 173 Å². The lowest BCUT2D eigenvalue weighted by atomic mass is 9.91. The van der Waals surface area contributed by atoms with Crippen molar-refractivity contribution >= 4 is 50.2 Å². The average Bonchev–Trinajstić information content (AvgIpc) is 3.16. The first-order chi connectivity index (χ1) is 29.2. The van der Waals surface area contributed by atoms with Crippen molar-refractivity contribution in [2.45, 2.75) is 172 Å². The first-order valence-corrected chi connectivity index (χ1v) is 24.8. The molecule has 2 amide bonds. The zero-order valence-electron chi connectivity index (χ0n) is 41.2. The Morgan fingerprint density at radius 2 is 1.14 bits per heavy atom. The van der Waals surface area contributed by atoms with Gasteiger partial charge in [0, 0.05) is 12.1 Å². The molecular formula is C49H74N2O12Si. The van der Waals surface area contributed by atoms with Crippen molar-refractivity contribution in [2.24, 2.45) is 21.7 Å². The van der Waals surface area contributed by atoms with Crippen LogP contribution in [0, 0.1) is 21.7 Å². The smallest absolute Gasteiger partial charge is 0.311 e. The molecule has 0 spiro atoms. The van der Waals surface area contributed by atoms with Crippen molar-refractivity contribution < 1.29 is 56.9 Å². The van der Waals surface area contributed by atoms with E-state index in [1.54, 1.807) is 119 Å². The standard InChI is InChI=1S/C49H74N2O12Si/c1-45(2,3)41(54)58-29-35-36(61-42(55)46(4,5)6)37(62-43(56)47(7,8)9)38(63-44(57)48(10,11)12)40(60-35)51(30-52)34(27-31-23-19-18-20-24-31)39(53)50-33-26-22-21-25-32(33)28-59-64(16,17)49(13,14)15/h18-26,30,34-38,40H,27-29H2,1-17H3,(H,50,53)/t34?,35?,36-,37?,38?,40+/m0/s1. The third kappa shape index (κ3) is 14.5. The average molecular weight is 911 g/mol. The minimum atomic E-state index is -2.22. The molecule has 15 heteroatoms. The molecule has 0 aliphatic carbocycles. The van der Waals surface area contributed by atoms with E-state index in [4.69, 9.17) is 28.1 Å². The maximum Gasteiger partial charge on any atom is 0.311 e.